The van der Waals surface area contributed by atoms with Crippen molar-refractivity contribution < 1.29 is 14.8 Å². The Morgan fingerprint density at radius 3 is 2.46 bits per heavy atom. The summed E-state index contributed by atoms with van der Waals surface area (Å²) >= 11 is 5.86. The molecule has 0 bridgehead atoms. The van der Waals surface area contributed by atoms with Crippen LogP contribution in [-0.2, 0) is 0 Å². The number of nitro groups is 1. The second-order valence-corrected chi connectivity index (χ2v) is 6.63. The third-order valence-corrected chi connectivity index (χ3v) is 4.66. The highest BCUT2D eigenvalue weighted by Gasteiger charge is 2.27. The molecule has 0 aromatic heterocycles. The minimum Gasteiger partial charge on any atom is -0.507 e. The summed E-state index contributed by atoms with van der Waals surface area (Å²) in [5, 5.41) is 21.6. The summed E-state index contributed by atoms with van der Waals surface area (Å²) in [7, 11) is 0. The summed E-state index contributed by atoms with van der Waals surface area (Å²) < 4.78 is 0. The predicted octanol–water partition coefficient (Wildman–Crippen LogP) is 3.22. The van der Waals surface area contributed by atoms with Crippen molar-refractivity contribution in [3.05, 3.63) is 62.7 Å². The van der Waals surface area contributed by atoms with Crippen LogP contribution in [0.5, 0.6) is 5.75 Å². The first-order chi connectivity index (χ1) is 12.4. The van der Waals surface area contributed by atoms with Gasteiger partial charge in [0.15, 0.2) is 0 Å². The number of hydrogen-bond donors (Lipinski definition) is 1. The summed E-state index contributed by atoms with van der Waals surface area (Å²) in [5.74, 6) is -0.279. The smallest absolute Gasteiger partial charge is 0.294 e. The fourth-order valence-corrected chi connectivity index (χ4v) is 3.22. The van der Waals surface area contributed by atoms with Gasteiger partial charge in [-0.2, -0.15) is 0 Å². The number of phenols is 1. The van der Waals surface area contributed by atoms with Gasteiger partial charge >= 0.3 is 0 Å². The van der Waals surface area contributed by atoms with E-state index in [1.54, 1.807) is 35.2 Å². The number of rotatable bonds is 3. The van der Waals surface area contributed by atoms with Crippen LogP contribution in [0.2, 0.25) is 5.02 Å². The highest BCUT2D eigenvalue weighted by Crippen LogP contribution is 2.32. The monoisotopic (exact) mass is 375 g/mol. The molecule has 3 rings (SSSR count). The van der Waals surface area contributed by atoms with E-state index in [1.165, 1.54) is 6.07 Å². The van der Waals surface area contributed by atoms with Gasteiger partial charge in [0.25, 0.3) is 11.6 Å². The minimum absolute atomic E-state index is 0.0363. The summed E-state index contributed by atoms with van der Waals surface area (Å²) in [4.78, 5) is 26.9. The molecule has 0 unspecified atom stereocenters. The molecule has 0 aliphatic carbocycles. The van der Waals surface area contributed by atoms with Gasteiger partial charge in [-0.05, 0) is 36.8 Å². The molecule has 1 fully saturated rings. The molecule has 2 aromatic rings. The van der Waals surface area contributed by atoms with Crippen LogP contribution in [0.25, 0.3) is 0 Å². The third kappa shape index (κ3) is 3.57. The van der Waals surface area contributed by atoms with Crippen molar-refractivity contribution in [2.75, 3.05) is 31.1 Å². The first-order valence-electron chi connectivity index (χ1n) is 8.14. The summed E-state index contributed by atoms with van der Waals surface area (Å²) in [6.07, 6.45) is 0. The van der Waals surface area contributed by atoms with Crippen molar-refractivity contribution in [3.63, 3.8) is 0 Å². The van der Waals surface area contributed by atoms with Gasteiger partial charge in [0, 0.05) is 37.3 Å². The molecule has 1 amide bonds. The van der Waals surface area contributed by atoms with Crippen LogP contribution < -0.4 is 4.90 Å². The van der Waals surface area contributed by atoms with E-state index in [4.69, 9.17) is 11.6 Å². The lowest BCUT2D eigenvalue weighted by molar-refractivity contribution is -0.384. The van der Waals surface area contributed by atoms with Gasteiger partial charge in [0.2, 0.25) is 0 Å². The number of aromatic hydroxyl groups is 1. The second-order valence-electron chi connectivity index (χ2n) is 6.19. The summed E-state index contributed by atoms with van der Waals surface area (Å²) in [6, 6.07) is 9.53. The number of aryl methyl sites for hydroxylation is 1. The number of carbonyl (C=O) groups is 1. The Bertz CT molecular complexity index is 864. The van der Waals surface area contributed by atoms with Crippen LogP contribution in [-0.4, -0.2) is 47.0 Å². The maximum Gasteiger partial charge on any atom is 0.294 e. The maximum atomic E-state index is 12.6. The number of phenolic OH excluding ortho intramolecular Hbond substituents is 1. The Morgan fingerprint density at radius 1 is 1.15 bits per heavy atom. The molecule has 7 nitrogen and oxygen atoms in total. The van der Waals surface area contributed by atoms with Gasteiger partial charge in [-0.15, -0.1) is 0 Å². The van der Waals surface area contributed by atoms with Gasteiger partial charge in [-0.1, -0.05) is 17.7 Å². The molecule has 1 aliphatic rings. The number of anilines is 1. The summed E-state index contributed by atoms with van der Waals surface area (Å²) in [6.45, 7) is 3.57. The zero-order valence-corrected chi connectivity index (χ0v) is 14.9. The van der Waals surface area contributed by atoms with Crippen LogP contribution in [0, 0.1) is 17.0 Å². The average Bonchev–Trinajstić information content (AvgIpc) is 2.61. The topological polar surface area (TPSA) is 86.9 Å². The molecule has 0 atom stereocenters. The average molecular weight is 376 g/mol. The molecule has 136 valence electrons. The number of piperazine rings is 1. The Kier molecular flexibility index (Phi) is 4.99. The van der Waals surface area contributed by atoms with E-state index in [0.29, 0.717) is 36.9 Å². The van der Waals surface area contributed by atoms with Crippen LogP contribution in [0.15, 0.2) is 36.4 Å². The molecule has 2 aromatic carbocycles. The Labute approximate surface area is 155 Å². The molecule has 1 aliphatic heterocycles. The van der Waals surface area contributed by atoms with E-state index in [-0.39, 0.29) is 22.9 Å². The fourth-order valence-electron chi connectivity index (χ4n) is 3.05. The van der Waals surface area contributed by atoms with Gasteiger partial charge < -0.3 is 14.9 Å². The van der Waals surface area contributed by atoms with E-state index in [1.807, 2.05) is 11.8 Å². The molecule has 1 heterocycles. The predicted molar refractivity (Wildman–Crippen MR) is 99.1 cm³/mol. The number of nitrogens with zero attached hydrogens (tertiary/aromatic N) is 3. The van der Waals surface area contributed by atoms with E-state index < -0.39 is 4.92 Å². The zero-order chi connectivity index (χ0) is 18.8. The molecular formula is C18H18ClN3O4. The van der Waals surface area contributed by atoms with Crippen LogP contribution in [0.3, 0.4) is 0 Å². The van der Waals surface area contributed by atoms with Crippen LogP contribution in [0.4, 0.5) is 11.4 Å². The molecule has 0 saturated carbocycles. The Morgan fingerprint density at radius 2 is 1.85 bits per heavy atom. The van der Waals surface area contributed by atoms with E-state index in [2.05, 4.69) is 0 Å². The maximum absolute atomic E-state index is 12.6. The number of carbonyl (C=O) groups excluding carboxylic acids is 1. The molecule has 0 spiro atoms. The lowest BCUT2D eigenvalue weighted by atomic mass is 10.1. The normalized spacial score (nSPS) is 14.4. The molecule has 8 heteroatoms. The molecule has 26 heavy (non-hydrogen) atoms. The first kappa shape index (κ1) is 18.0. The van der Waals surface area contributed by atoms with Gasteiger partial charge in [0.05, 0.1) is 10.5 Å². The highest BCUT2D eigenvalue weighted by molar-refractivity contribution is 6.30. The first-order valence-corrected chi connectivity index (χ1v) is 8.52. The number of nitro benzene ring substituents is 1. The number of benzene rings is 2. The number of amides is 1. The lowest BCUT2D eigenvalue weighted by Gasteiger charge is -2.36. The van der Waals surface area contributed by atoms with Crippen molar-refractivity contribution in [2.24, 2.45) is 0 Å². The molecule has 0 radical (unpaired) electrons. The SMILES string of the molecule is Cc1ccc(C(=O)N2CCN(c3ccc(Cl)cc3[N+](=O)[O-])CC2)c(O)c1. The van der Waals surface area contributed by atoms with Gasteiger partial charge in [0.1, 0.15) is 11.4 Å². The Hall–Kier alpha value is -2.80. The zero-order valence-electron chi connectivity index (χ0n) is 14.2. The van der Waals surface area contributed by atoms with Crippen molar-refractivity contribution in [3.8, 4) is 5.75 Å². The van der Waals surface area contributed by atoms with Crippen LogP contribution in [0.1, 0.15) is 15.9 Å². The highest BCUT2D eigenvalue weighted by atomic mass is 35.5. The van der Waals surface area contributed by atoms with E-state index >= 15 is 0 Å². The summed E-state index contributed by atoms with van der Waals surface area (Å²) in [5.41, 5.74) is 1.58. The van der Waals surface area contributed by atoms with Gasteiger partial charge in [-0.3, -0.25) is 14.9 Å². The van der Waals surface area contributed by atoms with Crippen molar-refractivity contribution in [1.82, 2.24) is 4.90 Å². The standard InChI is InChI=1S/C18H18ClN3O4/c1-12-2-4-14(17(23)10-12)18(24)21-8-6-20(7-9-21)15-5-3-13(19)11-16(15)22(25)26/h2-5,10-11,23H,6-9H2,1H3. The molecular weight excluding hydrogens is 358 g/mol. The van der Waals surface area contributed by atoms with E-state index in [9.17, 15) is 20.0 Å². The van der Waals surface area contributed by atoms with Crippen molar-refractivity contribution in [2.45, 2.75) is 6.92 Å². The van der Waals surface area contributed by atoms with E-state index in [0.717, 1.165) is 5.56 Å². The van der Waals surface area contributed by atoms with Crippen molar-refractivity contribution in [1.29, 1.82) is 0 Å². The quantitative estimate of drug-likeness (QED) is 0.657. The molecule has 1 N–H and O–H groups in total. The number of halogens is 1. The largest absolute Gasteiger partial charge is 0.507 e. The Balaban J connectivity index is 1.73. The van der Waals surface area contributed by atoms with Crippen LogP contribution >= 0.6 is 11.6 Å². The second kappa shape index (κ2) is 7.21. The van der Waals surface area contributed by atoms with Gasteiger partial charge in [-0.25, -0.2) is 0 Å². The minimum atomic E-state index is -0.455. The fraction of sp³-hybridized carbons (Fsp3) is 0.278. The number of hydrogen-bond acceptors (Lipinski definition) is 5. The van der Waals surface area contributed by atoms with Crippen molar-refractivity contribution >= 4 is 28.9 Å². The molecule has 1 saturated heterocycles. The third-order valence-electron chi connectivity index (χ3n) is 4.43. The lowest BCUT2D eigenvalue weighted by Crippen LogP contribution is -2.49.